The number of hydrogen-bond acceptors (Lipinski definition) is 6. The molecular formula is C25H19N3O4. The Morgan fingerprint density at radius 2 is 1.47 bits per heavy atom. The minimum Gasteiger partial charge on any atom is -0.463 e. The van der Waals surface area contributed by atoms with Gasteiger partial charge in [0, 0.05) is 17.8 Å². The molecule has 0 unspecified atom stereocenters. The Bertz CT molecular complexity index is 1350. The van der Waals surface area contributed by atoms with Crippen LogP contribution in [0.4, 0.5) is 5.69 Å². The molecule has 158 valence electrons. The van der Waals surface area contributed by atoms with Crippen molar-refractivity contribution in [3.63, 3.8) is 0 Å². The van der Waals surface area contributed by atoms with Crippen molar-refractivity contribution < 1.29 is 18.7 Å². The summed E-state index contributed by atoms with van der Waals surface area (Å²) in [6.45, 7) is 0.0325. The molecule has 0 spiro atoms. The van der Waals surface area contributed by atoms with E-state index in [-0.39, 0.29) is 19.1 Å². The zero-order valence-electron chi connectivity index (χ0n) is 17.0. The van der Waals surface area contributed by atoms with Crippen LogP contribution in [0.5, 0.6) is 0 Å². The standard InChI is InChI=1S/C25H19N3O4/c29-13-12-28(18-6-2-1-3-7-18)25(30)17-10-11-19-20(16-17)27-24(22-9-5-15-32-22)23(26-19)21-8-4-14-31-21/h1-11,14-16,29H,12-13H2. The predicted molar refractivity (Wildman–Crippen MR) is 120 cm³/mol. The van der Waals surface area contributed by atoms with Crippen LogP contribution in [0.2, 0.25) is 0 Å². The van der Waals surface area contributed by atoms with Gasteiger partial charge in [-0.3, -0.25) is 4.79 Å². The number of furan rings is 2. The third-order valence-corrected chi connectivity index (χ3v) is 5.06. The van der Waals surface area contributed by atoms with Gasteiger partial charge in [-0.25, -0.2) is 9.97 Å². The smallest absolute Gasteiger partial charge is 0.258 e. The van der Waals surface area contributed by atoms with E-state index in [9.17, 15) is 9.90 Å². The van der Waals surface area contributed by atoms with Crippen molar-refractivity contribution >= 4 is 22.6 Å². The SMILES string of the molecule is O=C(c1ccc2nc(-c3ccco3)c(-c3ccco3)nc2c1)N(CCO)c1ccccc1. The summed E-state index contributed by atoms with van der Waals surface area (Å²) in [6, 6.07) is 21.6. The number of anilines is 1. The Hall–Kier alpha value is -4.23. The zero-order valence-corrected chi connectivity index (χ0v) is 17.0. The van der Waals surface area contributed by atoms with Gasteiger partial charge < -0.3 is 18.8 Å². The lowest BCUT2D eigenvalue weighted by Crippen LogP contribution is -2.33. The van der Waals surface area contributed by atoms with E-state index in [2.05, 4.69) is 0 Å². The van der Waals surface area contributed by atoms with Crippen LogP contribution in [-0.2, 0) is 0 Å². The molecule has 0 aliphatic heterocycles. The number of para-hydroxylation sites is 1. The molecule has 5 aromatic rings. The molecule has 0 aliphatic carbocycles. The molecule has 2 aromatic carbocycles. The highest BCUT2D eigenvalue weighted by Gasteiger charge is 2.20. The summed E-state index contributed by atoms with van der Waals surface area (Å²) >= 11 is 0. The topological polar surface area (TPSA) is 92.6 Å². The Morgan fingerprint density at radius 1 is 0.812 bits per heavy atom. The van der Waals surface area contributed by atoms with Crippen molar-refractivity contribution in [2.75, 3.05) is 18.1 Å². The minimum atomic E-state index is -0.233. The number of rotatable bonds is 6. The first-order valence-electron chi connectivity index (χ1n) is 10.1. The average Bonchev–Trinajstić information content (AvgIpc) is 3.56. The lowest BCUT2D eigenvalue weighted by molar-refractivity contribution is 0.0981. The van der Waals surface area contributed by atoms with E-state index < -0.39 is 0 Å². The van der Waals surface area contributed by atoms with Gasteiger partial charge in [-0.15, -0.1) is 0 Å². The second-order valence-electron chi connectivity index (χ2n) is 7.09. The first kappa shape index (κ1) is 19.7. The predicted octanol–water partition coefficient (Wildman–Crippen LogP) is 4.79. The Labute approximate surface area is 183 Å². The van der Waals surface area contributed by atoms with E-state index in [0.717, 1.165) is 0 Å². The lowest BCUT2D eigenvalue weighted by Gasteiger charge is -2.22. The molecule has 32 heavy (non-hydrogen) atoms. The van der Waals surface area contributed by atoms with Gasteiger partial charge in [0.25, 0.3) is 5.91 Å². The summed E-state index contributed by atoms with van der Waals surface area (Å²) in [6.07, 6.45) is 3.15. The van der Waals surface area contributed by atoms with Crippen LogP contribution in [0.25, 0.3) is 33.9 Å². The quantitative estimate of drug-likeness (QED) is 0.421. The highest BCUT2D eigenvalue weighted by molar-refractivity contribution is 6.07. The monoisotopic (exact) mass is 425 g/mol. The van der Waals surface area contributed by atoms with Gasteiger partial charge in [-0.05, 0) is 54.6 Å². The Morgan fingerprint density at radius 3 is 2.06 bits per heavy atom. The second-order valence-corrected chi connectivity index (χ2v) is 7.09. The molecule has 3 heterocycles. The number of aliphatic hydroxyl groups is 1. The van der Waals surface area contributed by atoms with E-state index in [1.54, 1.807) is 53.8 Å². The van der Waals surface area contributed by atoms with Gasteiger partial charge in [-0.1, -0.05) is 18.2 Å². The number of amides is 1. The number of carbonyl (C=O) groups excluding carboxylic acids is 1. The maximum Gasteiger partial charge on any atom is 0.258 e. The van der Waals surface area contributed by atoms with Gasteiger partial charge in [0.05, 0.1) is 30.2 Å². The number of benzene rings is 2. The molecule has 0 saturated heterocycles. The summed E-state index contributed by atoms with van der Waals surface area (Å²) < 4.78 is 11.1. The van der Waals surface area contributed by atoms with Crippen LogP contribution in [0.15, 0.2) is 94.2 Å². The largest absolute Gasteiger partial charge is 0.463 e. The molecule has 0 aliphatic rings. The molecule has 0 fully saturated rings. The van der Waals surface area contributed by atoms with Gasteiger partial charge >= 0.3 is 0 Å². The van der Waals surface area contributed by atoms with Crippen molar-refractivity contribution in [3.8, 4) is 22.9 Å². The third kappa shape index (κ3) is 3.66. The maximum atomic E-state index is 13.3. The van der Waals surface area contributed by atoms with Crippen LogP contribution in [0.3, 0.4) is 0 Å². The molecule has 5 rings (SSSR count). The number of nitrogens with zero attached hydrogens (tertiary/aromatic N) is 3. The molecule has 0 radical (unpaired) electrons. The number of carbonyl (C=O) groups is 1. The van der Waals surface area contributed by atoms with E-state index in [0.29, 0.717) is 45.2 Å². The Kier molecular flexibility index (Phi) is 5.23. The molecule has 0 saturated carbocycles. The molecule has 7 heteroatoms. The second kappa shape index (κ2) is 8.49. The summed E-state index contributed by atoms with van der Waals surface area (Å²) in [5.74, 6) is 0.890. The fraction of sp³-hybridized carbons (Fsp3) is 0.0800. The highest BCUT2D eigenvalue weighted by Crippen LogP contribution is 2.32. The van der Waals surface area contributed by atoms with Crippen LogP contribution < -0.4 is 4.90 Å². The van der Waals surface area contributed by atoms with Crippen molar-refractivity contribution in [2.24, 2.45) is 0 Å². The van der Waals surface area contributed by atoms with Crippen LogP contribution in [0, 0.1) is 0 Å². The summed E-state index contributed by atoms with van der Waals surface area (Å²) in [5.41, 5.74) is 3.41. The maximum absolute atomic E-state index is 13.3. The zero-order chi connectivity index (χ0) is 21.9. The van der Waals surface area contributed by atoms with E-state index in [1.165, 1.54) is 0 Å². The Balaban J connectivity index is 1.61. The minimum absolute atomic E-state index is 0.150. The fourth-order valence-corrected chi connectivity index (χ4v) is 3.57. The van der Waals surface area contributed by atoms with Crippen molar-refractivity contribution in [2.45, 2.75) is 0 Å². The number of aromatic nitrogens is 2. The van der Waals surface area contributed by atoms with E-state index >= 15 is 0 Å². The van der Waals surface area contributed by atoms with Gasteiger partial charge in [0.1, 0.15) is 11.4 Å². The van der Waals surface area contributed by atoms with Crippen LogP contribution in [-0.4, -0.2) is 34.1 Å². The van der Waals surface area contributed by atoms with Crippen LogP contribution in [0.1, 0.15) is 10.4 Å². The highest BCUT2D eigenvalue weighted by atomic mass is 16.3. The first-order chi connectivity index (χ1) is 15.7. The molecule has 7 nitrogen and oxygen atoms in total. The average molecular weight is 425 g/mol. The van der Waals surface area contributed by atoms with E-state index in [1.807, 2.05) is 36.4 Å². The van der Waals surface area contributed by atoms with Crippen molar-refractivity contribution in [3.05, 3.63) is 90.9 Å². The number of aliphatic hydroxyl groups excluding tert-OH is 1. The fourth-order valence-electron chi connectivity index (χ4n) is 3.57. The molecule has 1 N–H and O–H groups in total. The molecule has 0 bridgehead atoms. The molecule has 3 aromatic heterocycles. The van der Waals surface area contributed by atoms with Gasteiger partial charge in [0.15, 0.2) is 11.5 Å². The van der Waals surface area contributed by atoms with E-state index in [4.69, 9.17) is 18.8 Å². The number of fused-ring (bicyclic) bond motifs is 1. The van der Waals surface area contributed by atoms with Crippen LogP contribution >= 0.6 is 0 Å². The van der Waals surface area contributed by atoms with Gasteiger partial charge in [-0.2, -0.15) is 0 Å². The van der Waals surface area contributed by atoms with Crippen molar-refractivity contribution in [1.29, 1.82) is 0 Å². The van der Waals surface area contributed by atoms with Crippen molar-refractivity contribution in [1.82, 2.24) is 9.97 Å². The third-order valence-electron chi connectivity index (χ3n) is 5.06. The molecule has 0 atom stereocenters. The summed E-state index contributed by atoms with van der Waals surface area (Å²) in [5, 5.41) is 9.49. The lowest BCUT2D eigenvalue weighted by atomic mass is 10.1. The molecular weight excluding hydrogens is 406 g/mol. The first-order valence-corrected chi connectivity index (χ1v) is 10.1. The normalized spacial score (nSPS) is 11.0. The molecule has 1 amide bonds. The summed E-state index contributed by atoms with van der Waals surface area (Å²) in [4.78, 5) is 24.3. The summed E-state index contributed by atoms with van der Waals surface area (Å²) in [7, 11) is 0. The number of hydrogen-bond donors (Lipinski definition) is 1. The van der Waals surface area contributed by atoms with Gasteiger partial charge in [0.2, 0.25) is 0 Å².